The molecule has 0 aromatic heterocycles. The first-order chi connectivity index (χ1) is 5.75. The summed E-state index contributed by atoms with van der Waals surface area (Å²) in [5.41, 5.74) is 0. The average molecular weight is 180 g/mol. The minimum Gasteiger partial charge on any atom is -0.0851 e. The SMILES string of the molecule is C[SiH](C)CCC1CC2C=CC1C2. The van der Waals surface area contributed by atoms with Crippen molar-refractivity contribution < 1.29 is 0 Å². The van der Waals surface area contributed by atoms with Crippen molar-refractivity contribution in [3.05, 3.63) is 12.2 Å². The van der Waals surface area contributed by atoms with Gasteiger partial charge in [-0.2, -0.15) is 0 Å². The first-order valence-corrected chi connectivity index (χ1v) is 8.56. The lowest BCUT2D eigenvalue weighted by atomic mass is 9.91. The molecular formula is C11H20Si. The third-order valence-electron chi connectivity index (χ3n) is 3.53. The molecule has 0 aromatic carbocycles. The Morgan fingerprint density at radius 1 is 1.25 bits per heavy atom. The normalized spacial score (nSPS) is 38.4. The molecule has 68 valence electrons. The fraction of sp³-hybridized carbons (Fsp3) is 0.818. The number of hydrogen-bond donors (Lipinski definition) is 0. The molecule has 0 heterocycles. The molecule has 0 aliphatic heterocycles. The number of hydrogen-bond acceptors (Lipinski definition) is 0. The molecule has 3 atom stereocenters. The summed E-state index contributed by atoms with van der Waals surface area (Å²) in [6.07, 6.45) is 9.48. The van der Waals surface area contributed by atoms with E-state index in [2.05, 4.69) is 25.2 Å². The lowest BCUT2D eigenvalue weighted by Gasteiger charge is -2.18. The van der Waals surface area contributed by atoms with Gasteiger partial charge >= 0.3 is 0 Å². The topological polar surface area (TPSA) is 0 Å². The van der Waals surface area contributed by atoms with Crippen molar-refractivity contribution in [2.45, 2.75) is 38.4 Å². The highest BCUT2D eigenvalue weighted by atomic mass is 28.3. The molecule has 12 heavy (non-hydrogen) atoms. The van der Waals surface area contributed by atoms with E-state index in [1.165, 1.54) is 19.3 Å². The van der Waals surface area contributed by atoms with E-state index in [0.29, 0.717) is 0 Å². The Kier molecular flexibility index (Phi) is 2.40. The van der Waals surface area contributed by atoms with Gasteiger partial charge in [0.1, 0.15) is 0 Å². The molecule has 1 heteroatoms. The van der Waals surface area contributed by atoms with E-state index in [-0.39, 0.29) is 8.80 Å². The van der Waals surface area contributed by atoms with Crippen molar-refractivity contribution >= 4 is 8.80 Å². The number of allylic oxidation sites excluding steroid dienone is 2. The van der Waals surface area contributed by atoms with Gasteiger partial charge in [0.2, 0.25) is 0 Å². The molecular weight excluding hydrogens is 160 g/mol. The third-order valence-corrected chi connectivity index (χ3v) is 5.02. The van der Waals surface area contributed by atoms with Crippen LogP contribution < -0.4 is 0 Å². The molecule has 0 amide bonds. The van der Waals surface area contributed by atoms with Gasteiger partial charge in [0, 0.05) is 8.80 Å². The van der Waals surface area contributed by atoms with Crippen molar-refractivity contribution in [3.63, 3.8) is 0 Å². The number of fused-ring (bicyclic) bond motifs is 2. The summed E-state index contributed by atoms with van der Waals surface area (Å²) < 4.78 is 0. The van der Waals surface area contributed by atoms with Crippen LogP contribution in [0.5, 0.6) is 0 Å². The summed E-state index contributed by atoms with van der Waals surface area (Å²) >= 11 is 0. The van der Waals surface area contributed by atoms with Crippen molar-refractivity contribution in [1.29, 1.82) is 0 Å². The summed E-state index contributed by atoms with van der Waals surface area (Å²) in [5, 5.41) is 0. The molecule has 2 rings (SSSR count). The second-order valence-corrected chi connectivity index (χ2v) is 8.38. The van der Waals surface area contributed by atoms with E-state index in [0.717, 1.165) is 17.8 Å². The minimum atomic E-state index is -0.274. The van der Waals surface area contributed by atoms with Gasteiger partial charge in [0.25, 0.3) is 0 Å². The van der Waals surface area contributed by atoms with Crippen molar-refractivity contribution in [3.8, 4) is 0 Å². The van der Waals surface area contributed by atoms with Crippen LogP contribution >= 0.6 is 0 Å². The first-order valence-electron chi connectivity index (χ1n) is 5.44. The lowest BCUT2D eigenvalue weighted by molar-refractivity contribution is 0.433. The molecule has 0 saturated heterocycles. The van der Waals surface area contributed by atoms with Crippen molar-refractivity contribution in [2.75, 3.05) is 0 Å². The van der Waals surface area contributed by atoms with Gasteiger partial charge in [-0.1, -0.05) is 37.7 Å². The standard InChI is InChI=1S/C11H20Si/c1-12(2)6-5-11-8-9-3-4-10(11)7-9/h3-4,9-12H,5-8H2,1-2H3. The molecule has 0 spiro atoms. The van der Waals surface area contributed by atoms with Crippen LogP contribution in [0, 0.1) is 17.8 Å². The smallest absolute Gasteiger partial charge is 0.0305 e. The largest absolute Gasteiger partial charge is 0.0851 e. The van der Waals surface area contributed by atoms with E-state index in [1.54, 1.807) is 6.04 Å². The summed E-state index contributed by atoms with van der Waals surface area (Å²) in [4.78, 5) is 0. The Morgan fingerprint density at radius 2 is 2.08 bits per heavy atom. The van der Waals surface area contributed by atoms with E-state index in [9.17, 15) is 0 Å². The lowest BCUT2D eigenvalue weighted by Crippen LogP contribution is -2.10. The van der Waals surface area contributed by atoms with Gasteiger partial charge in [-0.25, -0.2) is 0 Å². The zero-order valence-corrected chi connectivity index (χ0v) is 9.45. The highest BCUT2D eigenvalue weighted by molar-refractivity contribution is 6.55. The summed E-state index contributed by atoms with van der Waals surface area (Å²) in [6, 6.07) is 1.57. The molecule has 2 aliphatic carbocycles. The molecule has 1 fully saturated rings. The van der Waals surface area contributed by atoms with Crippen molar-refractivity contribution in [2.24, 2.45) is 17.8 Å². The molecule has 1 saturated carbocycles. The fourth-order valence-corrected chi connectivity index (χ4v) is 3.87. The molecule has 0 N–H and O–H groups in total. The van der Waals surface area contributed by atoms with Crippen LogP contribution in [0.1, 0.15) is 19.3 Å². The maximum atomic E-state index is 2.49. The minimum absolute atomic E-state index is 0.274. The van der Waals surface area contributed by atoms with E-state index < -0.39 is 0 Å². The van der Waals surface area contributed by atoms with Gasteiger partial charge in [-0.05, 0) is 30.6 Å². The highest BCUT2D eigenvalue weighted by Crippen LogP contribution is 2.45. The quantitative estimate of drug-likeness (QED) is 0.462. The molecule has 2 bridgehead atoms. The summed E-state index contributed by atoms with van der Waals surface area (Å²) in [7, 11) is -0.274. The zero-order chi connectivity index (χ0) is 8.55. The predicted molar refractivity (Wildman–Crippen MR) is 57.1 cm³/mol. The first kappa shape index (κ1) is 8.55. The van der Waals surface area contributed by atoms with E-state index >= 15 is 0 Å². The van der Waals surface area contributed by atoms with Gasteiger partial charge in [0.15, 0.2) is 0 Å². The van der Waals surface area contributed by atoms with Crippen LogP contribution in [0.2, 0.25) is 19.1 Å². The Morgan fingerprint density at radius 3 is 2.58 bits per heavy atom. The molecule has 0 aromatic rings. The van der Waals surface area contributed by atoms with Crippen molar-refractivity contribution in [1.82, 2.24) is 0 Å². The molecule has 2 aliphatic rings. The Balaban J connectivity index is 1.80. The number of rotatable bonds is 3. The molecule has 0 radical (unpaired) electrons. The summed E-state index contributed by atoms with van der Waals surface area (Å²) in [6.45, 7) is 4.95. The maximum absolute atomic E-state index is 2.49. The highest BCUT2D eigenvalue weighted by Gasteiger charge is 2.34. The van der Waals surface area contributed by atoms with Gasteiger partial charge in [-0.3, -0.25) is 0 Å². The maximum Gasteiger partial charge on any atom is 0.0305 e. The van der Waals surface area contributed by atoms with Gasteiger partial charge in [-0.15, -0.1) is 0 Å². The van der Waals surface area contributed by atoms with Crippen LogP contribution in [-0.2, 0) is 0 Å². The summed E-state index contributed by atoms with van der Waals surface area (Å²) in [5.74, 6) is 3.05. The van der Waals surface area contributed by atoms with Gasteiger partial charge < -0.3 is 0 Å². The molecule has 0 nitrogen and oxygen atoms in total. The monoisotopic (exact) mass is 180 g/mol. The van der Waals surface area contributed by atoms with Crippen LogP contribution in [0.15, 0.2) is 12.2 Å². The van der Waals surface area contributed by atoms with Crippen LogP contribution in [-0.4, -0.2) is 8.80 Å². The zero-order valence-electron chi connectivity index (χ0n) is 8.29. The Bertz CT molecular complexity index is 183. The Hall–Kier alpha value is -0.0431. The molecule has 3 unspecified atom stereocenters. The van der Waals surface area contributed by atoms with Gasteiger partial charge in [0.05, 0.1) is 0 Å². The fourth-order valence-electron chi connectivity index (χ4n) is 2.77. The van der Waals surface area contributed by atoms with Crippen LogP contribution in [0.4, 0.5) is 0 Å². The van der Waals surface area contributed by atoms with E-state index in [4.69, 9.17) is 0 Å². The second kappa shape index (κ2) is 3.37. The van der Waals surface area contributed by atoms with Crippen LogP contribution in [0.3, 0.4) is 0 Å². The van der Waals surface area contributed by atoms with E-state index in [1.807, 2.05) is 0 Å². The average Bonchev–Trinajstić information content (AvgIpc) is 2.60. The third kappa shape index (κ3) is 1.66. The van der Waals surface area contributed by atoms with Crippen LogP contribution in [0.25, 0.3) is 0 Å². The second-order valence-electron chi connectivity index (χ2n) is 5.01. The predicted octanol–water partition coefficient (Wildman–Crippen LogP) is 3.08. The Labute approximate surface area is 77.7 Å².